The Morgan fingerprint density at radius 1 is 1.02 bits per heavy atom. The van der Waals surface area contributed by atoms with Gasteiger partial charge in [-0.2, -0.15) is 0 Å². The minimum atomic E-state index is -1.85. The SMILES string of the molecule is CC(C)(C)[Si](C)(C)O[C@H]1CCC[C@@H]1c1ccc(COC(=O)NCc2ccc3c(c2)C(=O)N(C2CCC(=O)NC2=O)C3)cc1. The highest BCUT2D eigenvalue weighted by Gasteiger charge is 2.42. The standard InChI is InChI=1S/C33H43N3O6Si/c1-33(2,3)43(4,5)42-28-8-6-7-25(28)23-12-9-21(10-13-23)20-41-32(40)34-18-22-11-14-24-19-36(31(39)26(24)17-22)27-15-16-29(37)35-30(27)38/h9-14,17,25,27-28H,6-8,15-16,18-20H2,1-5H3,(H,34,40)(H,35,37,38)/t25-,27?,28+/m1/s1. The quantitative estimate of drug-likeness (QED) is 0.302. The number of rotatable bonds is 8. The van der Waals surface area contributed by atoms with E-state index in [0.717, 1.165) is 29.5 Å². The Morgan fingerprint density at radius 3 is 2.44 bits per heavy atom. The molecule has 1 saturated heterocycles. The van der Waals surface area contributed by atoms with Crippen LogP contribution in [0, 0.1) is 0 Å². The first-order valence-electron chi connectivity index (χ1n) is 15.3. The van der Waals surface area contributed by atoms with Gasteiger partial charge in [-0.25, -0.2) is 4.79 Å². The van der Waals surface area contributed by atoms with Gasteiger partial charge >= 0.3 is 6.09 Å². The number of amides is 4. The van der Waals surface area contributed by atoms with E-state index in [0.29, 0.717) is 24.4 Å². The lowest BCUT2D eigenvalue weighted by molar-refractivity contribution is -0.136. The van der Waals surface area contributed by atoms with Crippen LogP contribution in [-0.2, 0) is 38.4 Å². The molecule has 1 unspecified atom stereocenters. The Bertz CT molecular complexity index is 1400. The average Bonchev–Trinajstić information content (AvgIpc) is 3.54. The van der Waals surface area contributed by atoms with Crippen LogP contribution in [0.25, 0.3) is 0 Å². The molecule has 10 heteroatoms. The number of hydrogen-bond acceptors (Lipinski definition) is 6. The van der Waals surface area contributed by atoms with Crippen LogP contribution in [-0.4, -0.2) is 49.2 Å². The molecule has 1 aliphatic carbocycles. The summed E-state index contributed by atoms with van der Waals surface area (Å²) in [6.45, 7) is 12.1. The van der Waals surface area contributed by atoms with Crippen molar-refractivity contribution in [1.82, 2.24) is 15.5 Å². The van der Waals surface area contributed by atoms with E-state index in [9.17, 15) is 19.2 Å². The zero-order valence-electron chi connectivity index (χ0n) is 25.8. The van der Waals surface area contributed by atoms with E-state index in [1.54, 1.807) is 6.07 Å². The Balaban J connectivity index is 1.10. The van der Waals surface area contributed by atoms with Gasteiger partial charge in [-0.1, -0.05) is 63.6 Å². The molecule has 2 N–H and O–H groups in total. The number of ether oxygens (including phenoxy) is 1. The molecule has 2 aromatic rings. The van der Waals surface area contributed by atoms with Crippen LogP contribution in [0.2, 0.25) is 18.1 Å². The van der Waals surface area contributed by atoms with Gasteiger partial charge in [0, 0.05) is 31.0 Å². The fourth-order valence-corrected chi connectivity index (χ4v) is 7.34. The first-order valence-corrected chi connectivity index (χ1v) is 18.2. The summed E-state index contributed by atoms with van der Waals surface area (Å²) in [7, 11) is -1.85. The van der Waals surface area contributed by atoms with E-state index >= 15 is 0 Å². The topological polar surface area (TPSA) is 114 Å². The van der Waals surface area contributed by atoms with E-state index in [2.05, 4.69) is 56.6 Å². The smallest absolute Gasteiger partial charge is 0.407 e. The molecule has 0 aromatic heterocycles. The van der Waals surface area contributed by atoms with Crippen molar-refractivity contribution in [3.05, 3.63) is 70.3 Å². The van der Waals surface area contributed by atoms with Crippen LogP contribution in [0.3, 0.4) is 0 Å². The first kappa shape index (κ1) is 30.9. The molecule has 0 spiro atoms. The van der Waals surface area contributed by atoms with Gasteiger partial charge in [-0.3, -0.25) is 19.7 Å². The predicted molar refractivity (Wildman–Crippen MR) is 165 cm³/mol. The Morgan fingerprint density at radius 2 is 1.74 bits per heavy atom. The second-order valence-corrected chi connectivity index (χ2v) is 18.3. The normalized spacial score (nSPS) is 22.4. The van der Waals surface area contributed by atoms with Gasteiger partial charge in [0.25, 0.3) is 5.91 Å². The van der Waals surface area contributed by atoms with Crippen LogP contribution in [0.1, 0.15) is 91.4 Å². The largest absolute Gasteiger partial charge is 0.445 e. The molecule has 0 bridgehead atoms. The fourth-order valence-electron chi connectivity index (χ4n) is 5.95. The molecule has 230 valence electrons. The lowest BCUT2D eigenvalue weighted by atomic mass is 9.95. The molecule has 5 rings (SSSR count). The Labute approximate surface area is 254 Å². The number of alkyl carbamates (subject to hydrolysis) is 1. The third-order valence-corrected chi connectivity index (χ3v) is 14.0. The molecule has 43 heavy (non-hydrogen) atoms. The third kappa shape index (κ3) is 6.85. The zero-order chi connectivity index (χ0) is 30.9. The predicted octanol–water partition coefficient (Wildman–Crippen LogP) is 5.53. The van der Waals surface area contributed by atoms with Crippen molar-refractivity contribution in [2.45, 2.75) is 109 Å². The van der Waals surface area contributed by atoms with E-state index in [1.807, 2.05) is 24.3 Å². The van der Waals surface area contributed by atoms with Crippen LogP contribution in [0.5, 0.6) is 0 Å². The second-order valence-electron chi connectivity index (χ2n) is 13.5. The third-order valence-electron chi connectivity index (χ3n) is 9.51. The fraction of sp³-hybridized carbons (Fsp3) is 0.515. The molecule has 2 heterocycles. The van der Waals surface area contributed by atoms with Gasteiger partial charge in [0.05, 0.1) is 6.10 Å². The lowest BCUT2D eigenvalue weighted by Crippen LogP contribution is -2.52. The first-order chi connectivity index (χ1) is 20.3. The molecule has 2 aliphatic heterocycles. The second kappa shape index (κ2) is 12.2. The zero-order valence-corrected chi connectivity index (χ0v) is 26.8. The van der Waals surface area contributed by atoms with Crippen molar-refractivity contribution >= 4 is 32.1 Å². The van der Waals surface area contributed by atoms with E-state index in [4.69, 9.17) is 9.16 Å². The van der Waals surface area contributed by atoms with Crippen LogP contribution in [0.4, 0.5) is 4.79 Å². The molecule has 2 aromatic carbocycles. The molecule has 1 saturated carbocycles. The van der Waals surface area contributed by atoms with Crippen molar-refractivity contribution in [3.8, 4) is 0 Å². The maximum absolute atomic E-state index is 13.0. The molecule has 3 aliphatic rings. The highest BCUT2D eigenvalue weighted by Crippen LogP contribution is 2.43. The van der Waals surface area contributed by atoms with Crippen molar-refractivity contribution in [2.24, 2.45) is 0 Å². The summed E-state index contributed by atoms with van der Waals surface area (Å²) in [5, 5.41) is 5.25. The van der Waals surface area contributed by atoms with Gasteiger partial charge in [-0.05, 0) is 65.7 Å². The molecular weight excluding hydrogens is 562 g/mol. The van der Waals surface area contributed by atoms with E-state index < -0.39 is 26.4 Å². The summed E-state index contributed by atoms with van der Waals surface area (Å²) in [6.07, 6.45) is 3.64. The van der Waals surface area contributed by atoms with Gasteiger partial charge < -0.3 is 19.4 Å². The molecule has 9 nitrogen and oxygen atoms in total. The summed E-state index contributed by atoms with van der Waals surface area (Å²) in [5.74, 6) is -0.599. The van der Waals surface area contributed by atoms with Gasteiger partial charge in [0.15, 0.2) is 8.32 Å². The summed E-state index contributed by atoms with van der Waals surface area (Å²) in [4.78, 5) is 50.8. The lowest BCUT2D eigenvalue weighted by Gasteiger charge is -2.40. The minimum absolute atomic E-state index is 0.157. The highest BCUT2D eigenvalue weighted by molar-refractivity contribution is 6.74. The summed E-state index contributed by atoms with van der Waals surface area (Å²) < 4.78 is 12.2. The monoisotopic (exact) mass is 605 g/mol. The van der Waals surface area contributed by atoms with Crippen molar-refractivity contribution in [2.75, 3.05) is 0 Å². The number of benzene rings is 2. The average molecular weight is 606 g/mol. The number of carbonyl (C=O) groups is 4. The van der Waals surface area contributed by atoms with Crippen molar-refractivity contribution in [1.29, 1.82) is 0 Å². The van der Waals surface area contributed by atoms with Crippen LogP contribution < -0.4 is 10.6 Å². The highest BCUT2D eigenvalue weighted by atomic mass is 28.4. The van der Waals surface area contributed by atoms with Crippen molar-refractivity contribution < 1.29 is 28.3 Å². The Hall–Kier alpha value is -3.50. The molecule has 0 radical (unpaired) electrons. The molecule has 3 atom stereocenters. The van der Waals surface area contributed by atoms with Gasteiger partial charge in [-0.15, -0.1) is 0 Å². The van der Waals surface area contributed by atoms with Crippen molar-refractivity contribution in [3.63, 3.8) is 0 Å². The molecule has 4 amide bonds. The van der Waals surface area contributed by atoms with Crippen LogP contribution >= 0.6 is 0 Å². The van der Waals surface area contributed by atoms with Crippen LogP contribution in [0.15, 0.2) is 42.5 Å². The number of hydrogen-bond donors (Lipinski definition) is 2. The maximum Gasteiger partial charge on any atom is 0.407 e. The number of carbonyl (C=O) groups excluding carboxylic acids is 4. The maximum atomic E-state index is 13.0. The Kier molecular flexibility index (Phi) is 8.81. The number of piperidine rings is 1. The van der Waals surface area contributed by atoms with E-state index in [1.165, 1.54) is 16.9 Å². The number of nitrogens with one attached hydrogen (secondary N) is 2. The molecule has 2 fully saturated rings. The summed E-state index contributed by atoms with van der Waals surface area (Å²) >= 11 is 0. The summed E-state index contributed by atoms with van der Waals surface area (Å²) in [6, 6.07) is 13.1. The van der Waals surface area contributed by atoms with Gasteiger partial charge in [0.1, 0.15) is 12.6 Å². The number of nitrogens with zero attached hydrogens (tertiary/aromatic N) is 1. The molecular formula is C33H43N3O6Si. The number of imide groups is 1. The number of fused-ring (bicyclic) bond motifs is 1. The summed E-state index contributed by atoms with van der Waals surface area (Å²) in [5.41, 5.74) is 4.27. The minimum Gasteiger partial charge on any atom is -0.445 e. The van der Waals surface area contributed by atoms with Gasteiger partial charge in [0.2, 0.25) is 11.8 Å². The van der Waals surface area contributed by atoms with E-state index in [-0.39, 0.29) is 42.5 Å².